The van der Waals surface area contributed by atoms with Crippen LogP contribution in [0.4, 0.5) is 4.39 Å². The van der Waals surface area contributed by atoms with Gasteiger partial charge in [-0.25, -0.2) is 4.39 Å². The summed E-state index contributed by atoms with van der Waals surface area (Å²) in [5, 5.41) is 0.462. The fraction of sp³-hybridized carbons (Fsp3) is 0.417. The molecule has 0 saturated carbocycles. The predicted octanol–water partition coefficient (Wildman–Crippen LogP) is 2.83. The Bertz CT molecular complexity index is 407. The maximum atomic E-state index is 13.6. The van der Waals surface area contributed by atoms with E-state index in [0.29, 0.717) is 23.1 Å². The molecule has 0 N–H and O–H groups in total. The molecular weight excluding hydrogens is 291 g/mol. The lowest BCUT2D eigenvalue weighted by atomic mass is 10.1. The summed E-state index contributed by atoms with van der Waals surface area (Å²) < 4.78 is 23.4. The summed E-state index contributed by atoms with van der Waals surface area (Å²) in [6.45, 7) is 2.05. The number of alkyl halides is 1. The van der Waals surface area contributed by atoms with E-state index in [1.807, 2.05) is 0 Å². The molecule has 0 bridgehead atoms. The lowest BCUT2D eigenvalue weighted by Crippen LogP contribution is -2.08. The number of methoxy groups -OCH3 is 1. The van der Waals surface area contributed by atoms with E-state index in [0.717, 1.165) is 0 Å². The summed E-state index contributed by atoms with van der Waals surface area (Å²) in [6.07, 6.45) is 0.0642. The molecule has 5 heteroatoms. The first-order valence-electron chi connectivity index (χ1n) is 5.19. The van der Waals surface area contributed by atoms with Crippen molar-refractivity contribution in [3.63, 3.8) is 0 Å². The molecule has 1 rings (SSSR count). The number of ether oxygens (including phenoxy) is 2. The SMILES string of the molecule is CCOC(=O)Cc1cc(F)c(OC)c(CBr)c1. The zero-order valence-corrected chi connectivity index (χ0v) is 11.3. The molecule has 0 heterocycles. The molecule has 1 aromatic carbocycles. The molecule has 3 nitrogen and oxygen atoms in total. The normalized spacial score (nSPS) is 10.1. The Balaban J connectivity index is 2.95. The van der Waals surface area contributed by atoms with Crippen molar-refractivity contribution in [3.8, 4) is 5.75 Å². The van der Waals surface area contributed by atoms with Crippen LogP contribution in [-0.2, 0) is 21.3 Å². The van der Waals surface area contributed by atoms with Crippen molar-refractivity contribution in [2.24, 2.45) is 0 Å². The molecule has 0 aromatic heterocycles. The summed E-state index contributed by atoms with van der Waals surface area (Å²) in [6, 6.07) is 3.02. The molecule has 17 heavy (non-hydrogen) atoms. The van der Waals surface area contributed by atoms with Crippen molar-refractivity contribution in [1.82, 2.24) is 0 Å². The van der Waals surface area contributed by atoms with Crippen LogP contribution in [0.5, 0.6) is 5.75 Å². The zero-order chi connectivity index (χ0) is 12.8. The molecule has 0 aliphatic carbocycles. The van der Waals surface area contributed by atoms with Crippen LogP contribution in [0.2, 0.25) is 0 Å². The number of benzene rings is 1. The van der Waals surface area contributed by atoms with Crippen molar-refractivity contribution in [2.75, 3.05) is 13.7 Å². The maximum absolute atomic E-state index is 13.6. The van der Waals surface area contributed by atoms with Crippen LogP contribution in [-0.4, -0.2) is 19.7 Å². The topological polar surface area (TPSA) is 35.5 Å². The van der Waals surface area contributed by atoms with Crippen LogP contribution >= 0.6 is 15.9 Å². The third-order valence-electron chi connectivity index (χ3n) is 2.18. The maximum Gasteiger partial charge on any atom is 0.310 e. The minimum absolute atomic E-state index is 0.0642. The van der Waals surface area contributed by atoms with E-state index in [-0.39, 0.29) is 18.1 Å². The fourth-order valence-corrected chi connectivity index (χ4v) is 1.94. The molecule has 0 aliphatic rings. The molecule has 1 aromatic rings. The Morgan fingerprint density at radius 3 is 2.71 bits per heavy atom. The van der Waals surface area contributed by atoms with E-state index in [2.05, 4.69) is 15.9 Å². The number of hydrogen-bond donors (Lipinski definition) is 0. The minimum atomic E-state index is -0.469. The van der Waals surface area contributed by atoms with Gasteiger partial charge in [0.2, 0.25) is 0 Å². The van der Waals surface area contributed by atoms with Crippen molar-refractivity contribution in [2.45, 2.75) is 18.7 Å². The van der Waals surface area contributed by atoms with Gasteiger partial charge in [-0.05, 0) is 18.6 Å². The number of halogens is 2. The van der Waals surface area contributed by atoms with Crippen LogP contribution in [0.3, 0.4) is 0 Å². The van der Waals surface area contributed by atoms with Crippen LogP contribution in [0.15, 0.2) is 12.1 Å². The van der Waals surface area contributed by atoms with Gasteiger partial charge in [0.1, 0.15) is 0 Å². The molecule has 0 aliphatic heterocycles. The molecule has 0 atom stereocenters. The number of carbonyl (C=O) groups excluding carboxylic acids is 1. The van der Waals surface area contributed by atoms with Crippen molar-refractivity contribution < 1.29 is 18.7 Å². The van der Waals surface area contributed by atoms with Gasteiger partial charge in [0.25, 0.3) is 0 Å². The Hall–Kier alpha value is -1.10. The number of hydrogen-bond acceptors (Lipinski definition) is 3. The first-order valence-corrected chi connectivity index (χ1v) is 6.31. The second-order valence-electron chi connectivity index (χ2n) is 3.39. The van der Waals surface area contributed by atoms with Crippen LogP contribution in [0.1, 0.15) is 18.1 Å². The summed E-state index contributed by atoms with van der Waals surface area (Å²) >= 11 is 3.25. The van der Waals surface area contributed by atoms with Gasteiger partial charge in [0.15, 0.2) is 11.6 Å². The summed E-state index contributed by atoms with van der Waals surface area (Å²) in [4.78, 5) is 11.3. The van der Waals surface area contributed by atoms with E-state index in [1.165, 1.54) is 13.2 Å². The quantitative estimate of drug-likeness (QED) is 0.620. The Kier molecular flexibility index (Phi) is 5.41. The van der Waals surface area contributed by atoms with Gasteiger partial charge >= 0.3 is 5.97 Å². The van der Waals surface area contributed by atoms with E-state index < -0.39 is 5.82 Å². The van der Waals surface area contributed by atoms with E-state index >= 15 is 0 Å². The van der Waals surface area contributed by atoms with Gasteiger partial charge < -0.3 is 9.47 Å². The number of esters is 1. The number of carbonyl (C=O) groups is 1. The lowest BCUT2D eigenvalue weighted by Gasteiger charge is -2.10. The van der Waals surface area contributed by atoms with E-state index in [4.69, 9.17) is 9.47 Å². The largest absolute Gasteiger partial charge is 0.493 e. The highest BCUT2D eigenvalue weighted by atomic mass is 79.9. The average molecular weight is 305 g/mol. The molecule has 0 unspecified atom stereocenters. The molecule has 0 saturated heterocycles. The Morgan fingerprint density at radius 2 is 2.18 bits per heavy atom. The molecular formula is C12H14BrFO3. The standard InChI is InChI=1S/C12H14BrFO3/c1-3-17-11(15)6-8-4-9(7-13)12(16-2)10(14)5-8/h4-5H,3,6-7H2,1-2H3. The minimum Gasteiger partial charge on any atom is -0.493 e. The van der Waals surface area contributed by atoms with E-state index in [9.17, 15) is 9.18 Å². The Labute approximate surface area is 108 Å². The third kappa shape index (κ3) is 3.70. The summed E-state index contributed by atoms with van der Waals surface area (Å²) in [5.74, 6) is -0.629. The molecule has 0 spiro atoms. The first kappa shape index (κ1) is 14.0. The van der Waals surface area contributed by atoms with Crippen LogP contribution in [0.25, 0.3) is 0 Å². The van der Waals surface area contributed by atoms with Crippen molar-refractivity contribution >= 4 is 21.9 Å². The second kappa shape index (κ2) is 6.59. The highest BCUT2D eigenvalue weighted by Gasteiger charge is 2.13. The van der Waals surface area contributed by atoms with Gasteiger partial charge in [-0.3, -0.25) is 4.79 Å². The molecule has 0 fully saturated rings. The third-order valence-corrected chi connectivity index (χ3v) is 2.79. The highest BCUT2D eigenvalue weighted by molar-refractivity contribution is 9.08. The first-order chi connectivity index (χ1) is 8.12. The van der Waals surface area contributed by atoms with Gasteiger partial charge in [0.05, 0.1) is 20.1 Å². The van der Waals surface area contributed by atoms with Gasteiger partial charge in [-0.2, -0.15) is 0 Å². The van der Waals surface area contributed by atoms with Crippen LogP contribution in [0, 0.1) is 5.82 Å². The van der Waals surface area contributed by atoms with Crippen molar-refractivity contribution in [1.29, 1.82) is 0 Å². The number of rotatable bonds is 5. The van der Waals surface area contributed by atoms with Crippen molar-refractivity contribution in [3.05, 3.63) is 29.1 Å². The monoisotopic (exact) mass is 304 g/mol. The highest BCUT2D eigenvalue weighted by Crippen LogP contribution is 2.26. The van der Waals surface area contributed by atoms with Gasteiger partial charge in [0, 0.05) is 10.9 Å². The molecule has 0 amide bonds. The average Bonchev–Trinajstić information content (AvgIpc) is 2.28. The fourth-order valence-electron chi connectivity index (χ4n) is 1.52. The van der Waals surface area contributed by atoms with Crippen LogP contribution < -0.4 is 4.74 Å². The molecule has 94 valence electrons. The van der Waals surface area contributed by atoms with Gasteiger partial charge in [-0.1, -0.05) is 22.0 Å². The molecule has 0 radical (unpaired) electrons. The van der Waals surface area contributed by atoms with Gasteiger partial charge in [-0.15, -0.1) is 0 Å². The zero-order valence-electron chi connectivity index (χ0n) is 9.76. The Morgan fingerprint density at radius 1 is 1.47 bits per heavy atom. The predicted molar refractivity (Wildman–Crippen MR) is 65.9 cm³/mol. The summed E-state index contributed by atoms with van der Waals surface area (Å²) in [7, 11) is 1.41. The van der Waals surface area contributed by atoms with E-state index in [1.54, 1.807) is 13.0 Å². The summed E-state index contributed by atoms with van der Waals surface area (Å²) in [5.41, 5.74) is 1.25. The second-order valence-corrected chi connectivity index (χ2v) is 3.95. The smallest absolute Gasteiger partial charge is 0.310 e. The lowest BCUT2D eigenvalue weighted by molar-refractivity contribution is -0.142.